The van der Waals surface area contributed by atoms with E-state index in [1.165, 1.54) is 5.56 Å². The molecule has 1 aromatic heterocycles. The minimum atomic E-state index is 0.406. The van der Waals surface area contributed by atoms with Crippen LogP contribution in [0.5, 0.6) is 0 Å². The maximum atomic E-state index is 4.54. The average Bonchev–Trinajstić information content (AvgIpc) is 2.36. The van der Waals surface area contributed by atoms with Gasteiger partial charge in [0.15, 0.2) is 0 Å². The van der Waals surface area contributed by atoms with Crippen molar-refractivity contribution in [1.29, 1.82) is 0 Å². The lowest BCUT2D eigenvalue weighted by atomic mass is 10.0. The van der Waals surface area contributed by atoms with E-state index in [0.29, 0.717) is 12.0 Å². The normalized spacial score (nSPS) is 11.2. The molecule has 0 aromatic carbocycles. The van der Waals surface area contributed by atoms with Crippen LogP contribution in [-0.2, 0) is 0 Å². The monoisotopic (exact) mass is 264 g/mol. The Morgan fingerprint density at radius 1 is 1.16 bits per heavy atom. The van der Waals surface area contributed by atoms with Crippen LogP contribution in [0.4, 0.5) is 11.6 Å². The molecule has 0 spiro atoms. The standard InChI is InChI=1S/C15H28N4/c1-7-9-16-14-13(11(3)4)15(18-10-17-14)19(8-2)12(5)6/h10-12H,7-9H2,1-6H3,(H,16,17,18). The van der Waals surface area contributed by atoms with E-state index >= 15 is 0 Å². The molecule has 0 saturated heterocycles. The molecule has 0 unspecified atom stereocenters. The highest BCUT2D eigenvalue weighted by Crippen LogP contribution is 2.31. The Balaban J connectivity index is 3.22. The van der Waals surface area contributed by atoms with E-state index in [1.54, 1.807) is 6.33 Å². The molecule has 0 saturated carbocycles. The second kappa shape index (κ2) is 7.31. The first-order chi connectivity index (χ1) is 9.02. The first-order valence-electron chi connectivity index (χ1n) is 7.38. The van der Waals surface area contributed by atoms with Crippen LogP contribution in [0, 0.1) is 0 Å². The van der Waals surface area contributed by atoms with Gasteiger partial charge in [0.05, 0.1) is 0 Å². The summed E-state index contributed by atoms with van der Waals surface area (Å²) in [4.78, 5) is 11.3. The SMILES string of the molecule is CCCNc1ncnc(N(CC)C(C)C)c1C(C)C. The van der Waals surface area contributed by atoms with Crippen molar-refractivity contribution in [2.24, 2.45) is 0 Å². The van der Waals surface area contributed by atoms with E-state index in [-0.39, 0.29) is 0 Å². The van der Waals surface area contributed by atoms with Crippen LogP contribution in [-0.4, -0.2) is 29.1 Å². The molecule has 19 heavy (non-hydrogen) atoms. The van der Waals surface area contributed by atoms with Crippen molar-refractivity contribution in [2.45, 2.75) is 59.9 Å². The number of nitrogens with zero attached hydrogens (tertiary/aromatic N) is 3. The number of aromatic nitrogens is 2. The lowest BCUT2D eigenvalue weighted by Crippen LogP contribution is -2.32. The zero-order valence-corrected chi connectivity index (χ0v) is 13.2. The lowest BCUT2D eigenvalue weighted by molar-refractivity contribution is 0.680. The minimum Gasteiger partial charge on any atom is -0.370 e. The van der Waals surface area contributed by atoms with E-state index in [2.05, 4.69) is 61.7 Å². The van der Waals surface area contributed by atoms with Crippen LogP contribution in [0.25, 0.3) is 0 Å². The summed E-state index contributed by atoms with van der Waals surface area (Å²) in [7, 11) is 0. The van der Waals surface area contributed by atoms with Gasteiger partial charge in [0.25, 0.3) is 0 Å². The van der Waals surface area contributed by atoms with Gasteiger partial charge in [0.1, 0.15) is 18.0 Å². The molecule has 4 nitrogen and oxygen atoms in total. The number of nitrogens with one attached hydrogen (secondary N) is 1. The Morgan fingerprint density at radius 3 is 2.32 bits per heavy atom. The first kappa shape index (κ1) is 15.7. The molecule has 0 bridgehead atoms. The Kier molecular flexibility index (Phi) is 6.06. The molecule has 0 fully saturated rings. The van der Waals surface area contributed by atoms with Crippen LogP contribution < -0.4 is 10.2 Å². The Morgan fingerprint density at radius 2 is 1.84 bits per heavy atom. The molecule has 1 N–H and O–H groups in total. The molecule has 0 aliphatic rings. The van der Waals surface area contributed by atoms with Gasteiger partial charge in [-0.05, 0) is 33.1 Å². The molecular weight excluding hydrogens is 236 g/mol. The fourth-order valence-electron chi connectivity index (χ4n) is 2.29. The van der Waals surface area contributed by atoms with E-state index < -0.39 is 0 Å². The number of rotatable bonds is 7. The van der Waals surface area contributed by atoms with Crippen molar-refractivity contribution in [3.05, 3.63) is 11.9 Å². The van der Waals surface area contributed by atoms with Crippen molar-refractivity contribution in [3.63, 3.8) is 0 Å². The van der Waals surface area contributed by atoms with Gasteiger partial charge in [-0.15, -0.1) is 0 Å². The molecule has 0 aliphatic heterocycles. The fraction of sp³-hybridized carbons (Fsp3) is 0.733. The number of hydrogen-bond donors (Lipinski definition) is 1. The maximum Gasteiger partial charge on any atom is 0.137 e. The maximum absolute atomic E-state index is 4.54. The molecule has 0 atom stereocenters. The van der Waals surface area contributed by atoms with Crippen molar-refractivity contribution in [3.8, 4) is 0 Å². The molecule has 0 amide bonds. The molecule has 0 radical (unpaired) electrons. The summed E-state index contributed by atoms with van der Waals surface area (Å²) in [5.41, 5.74) is 1.23. The van der Waals surface area contributed by atoms with E-state index in [4.69, 9.17) is 0 Å². The van der Waals surface area contributed by atoms with Crippen LogP contribution in [0.2, 0.25) is 0 Å². The third-order valence-electron chi connectivity index (χ3n) is 3.22. The average molecular weight is 264 g/mol. The van der Waals surface area contributed by atoms with Gasteiger partial charge < -0.3 is 10.2 Å². The van der Waals surface area contributed by atoms with Gasteiger partial charge in [0, 0.05) is 24.7 Å². The third kappa shape index (κ3) is 3.82. The van der Waals surface area contributed by atoms with Crippen LogP contribution >= 0.6 is 0 Å². The predicted molar refractivity (Wildman–Crippen MR) is 83.1 cm³/mol. The summed E-state index contributed by atoms with van der Waals surface area (Å²) >= 11 is 0. The molecule has 1 heterocycles. The quantitative estimate of drug-likeness (QED) is 0.816. The smallest absolute Gasteiger partial charge is 0.137 e. The summed E-state index contributed by atoms with van der Waals surface area (Å²) in [6, 6.07) is 0.441. The summed E-state index contributed by atoms with van der Waals surface area (Å²) in [5.74, 6) is 2.46. The highest BCUT2D eigenvalue weighted by molar-refractivity contribution is 5.60. The molecule has 0 aliphatic carbocycles. The van der Waals surface area contributed by atoms with Crippen LogP contribution in [0.15, 0.2) is 6.33 Å². The van der Waals surface area contributed by atoms with Crippen LogP contribution in [0.1, 0.15) is 59.4 Å². The van der Waals surface area contributed by atoms with Crippen molar-refractivity contribution in [2.75, 3.05) is 23.3 Å². The van der Waals surface area contributed by atoms with E-state index in [0.717, 1.165) is 31.1 Å². The Hall–Kier alpha value is -1.32. The third-order valence-corrected chi connectivity index (χ3v) is 3.22. The summed E-state index contributed by atoms with van der Waals surface area (Å²) in [6.07, 6.45) is 2.77. The summed E-state index contributed by atoms with van der Waals surface area (Å²) < 4.78 is 0. The highest BCUT2D eigenvalue weighted by Gasteiger charge is 2.20. The van der Waals surface area contributed by atoms with Gasteiger partial charge in [-0.2, -0.15) is 0 Å². The van der Waals surface area contributed by atoms with E-state index in [1.807, 2.05) is 0 Å². The Labute approximate surface area is 117 Å². The van der Waals surface area contributed by atoms with Crippen molar-refractivity contribution < 1.29 is 0 Å². The van der Waals surface area contributed by atoms with Gasteiger partial charge in [-0.1, -0.05) is 20.8 Å². The van der Waals surface area contributed by atoms with Crippen molar-refractivity contribution in [1.82, 2.24) is 9.97 Å². The van der Waals surface area contributed by atoms with Gasteiger partial charge >= 0.3 is 0 Å². The number of anilines is 2. The summed E-state index contributed by atoms with van der Waals surface area (Å²) in [5, 5.41) is 3.42. The Bertz CT molecular complexity index is 388. The van der Waals surface area contributed by atoms with E-state index in [9.17, 15) is 0 Å². The highest BCUT2D eigenvalue weighted by atomic mass is 15.2. The second-order valence-corrected chi connectivity index (χ2v) is 5.42. The molecule has 1 aromatic rings. The zero-order valence-electron chi connectivity index (χ0n) is 13.2. The molecule has 1 rings (SSSR count). The van der Waals surface area contributed by atoms with Gasteiger partial charge in [-0.25, -0.2) is 9.97 Å². The minimum absolute atomic E-state index is 0.406. The van der Waals surface area contributed by atoms with Gasteiger partial charge in [0.2, 0.25) is 0 Å². The molecular formula is C15H28N4. The predicted octanol–water partition coefficient (Wildman–Crippen LogP) is 3.66. The van der Waals surface area contributed by atoms with Crippen LogP contribution in [0.3, 0.4) is 0 Å². The second-order valence-electron chi connectivity index (χ2n) is 5.42. The van der Waals surface area contributed by atoms with Crippen molar-refractivity contribution >= 4 is 11.6 Å². The zero-order chi connectivity index (χ0) is 14.4. The largest absolute Gasteiger partial charge is 0.370 e. The summed E-state index contributed by atoms with van der Waals surface area (Å²) in [6.45, 7) is 15.1. The first-order valence-corrected chi connectivity index (χ1v) is 7.38. The van der Waals surface area contributed by atoms with Gasteiger partial charge in [-0.3, -0.25) is 0 Å². The molecule has 108 valence electrons. The number of hydrogen-bond acceptors (Lipinski definition) is 4. The lowest BCUT2D eigenvalue weighted by Gasteiger charge is -2.30. The molecule has 4 heteroatoms. The topological polar surface area (TPSA) is 41.1 Å². The fourth-order valence-corrected chi connectivity index (χ4v) is 2.29.